The molecule has 0 bridgehead atoms. The molecule has 22 heavy (non-hydrogen) atoms. The van der Waals surface area contributed by atoms with Gasteiger partial charge in [-0.2, -0.15) is 5.10 Å². The van der Waals surface area contributed by atoms with E-state index in [4.69, 9.17) is 0 Å². The molecule has 1 atom stereocenters. The van der Waals surface area contributed by atoms with Crippen molar-refractivity contribution in [3.8, 4) is 0 Å². The van der Waals surface area contributed by atoms with Crippen LogP contribution in [-0.4, -0.2) is 58.4 Å². The highest BCUT2D eigenvalue weighted by molar-refractivity contribution is 5.92. The number of likely N-dealkylation sites (tertiary alicyclic amines) is 1. The van der Waals surface area contributed by atoms with Gasteiger partial charge in [-0.25, -0.2) is 0 Å². The number of amides is 1. The molecule has 2 rings (SSSR count). The number of nitrogens with one attached hydrogen (secondary N) is 2. The largest absolute Gasteiger partial charge is 0.390 e. The number of carbonyl (C=O) groups excluding carboxylic acids is 1. The Morgan fingerprint density at radius 3 is 2.82 bits per heavy atom. The van der Waals surface area contributed by atoms with Gasteiger partial charge in [0.15, 0.2) is 0 Å². The number of β-amino-alcohol motifs (C(OH)–C–C–N with tert-alkyl or cyclic N) is 1. The summed E-state index contributed by atoms with van der Waals surface area (Å²) in [5, 5.41) is 19.7. The van der Waals surface area contributed by atoms with Gasteiger partial charge in [-0.15, -0.1) is 0 Å². The zero-order valence-electron chi connectivity index (χ0n) is 13.5. The van der Waals surface area contributed by atoms with Crippen molar-refractivity contribution in [3.63, 3.8) is 0 Å². The number of rotatable bonds is 7. The lowest BCUT2D eigenvalue weighted by Crippen LogP contribution is -2.40. The molecular weight excluding hydrogens is 280 g/mol. The van der Waals surface area contributed by atoms with E-state index in [-0.39, 0.29) is 12.5 Å². The van der Waals surface area contributed by atoms with Crippen molar-refractivity contribution in [2.24, 2.45) is 0 Å². The van der Waals surface area contributed by atoms with Crippen LogP contribution in [0.25, 0.3) is 0 Å². The van der Waals surface area contributed by atoms with E-state index in [9.17, 15) is 9.90 Å². The lowest BCUT2D eigenvalue weighted by molar-refractivity contribution is 0.0858. The Kier molecular flexibility index (Phi) is 6.86. The van der Waals surface area contributed by atoms with Crippen LogP contribution in [0.2, 0.25) is 0 Å². The standard InChI is InChI=1S/C16H28N4O2/c1-2-7-13-10-15(19-18-13)16(22)17-11-14(21)12-20-8-5-3-4-6-9-20/h10,14,21H,2-9,11-12H2,1H3,(H,17,22)(H,18,19). The van der Waals surface area contributed by atoms with Crippen LogP contribution in [0.15, 0.2) is 6.07 Å². The van der Waals surface area contributed by atoms with Crippen molar-refractivity contribution in [1.82, 2.24) is 20.4 Å². The van der Waals surface area contributed by atoms with E-state index in [0.29, 0.717) is 12.2 Å². The van der Waals surface area contributed by atoms with Gasteiger partial charge >= 0.3 is 0 Å². The summed E-state index contributed by atoms with van der Waals surface area (Å²) in [6.07, 6.45) is 6.33. The van der Waals surface area contributed by atoms with Gasteiger partial charge < -0.3 is 15.3 Å². The molecule has 6 nitrogen and oxygen atoms in total. The molecular formula is C16H28N4O2. The van der Waals surface area contributed by atoms with Crippen LogP contribution in [0.3, 0.4) is 0 Å². The van der Waals surface area contributed by atoms with E-state index < -0.39 is 6.10 Å². The third kappa shape index (κ3) is 5.42. The number of aliphatic hydroxyl groups excluding tert-OH is 1. The molecule has 0 saturated carbocycles. The Morgan fingerprint density at radius 1 is 1.41 bits per heavy atom. The molecule has 1 fully saturated rings. The molecule has 1 aromatic heterocycles. The summed E-state index contributed by atoms with van der Waals surface area (Å²) in [5.74, 6) is -0.228. The van der Waals surface area contributed by atoms with Crippen molar-refractivity contribution in [3.05, 3.63) is 17.5 Å². The Balaban J connectivity index is 1.72. The third-order valence-electron chi connectivity index (χ3n) is 4.05. The fraction of sp³-hybridized carbons (Fsp3) is 0.750. The van der Waals surface area contributed by atoms with Gasteiger partial charge in [-0.05, 0) is 38.4 Å². The van der Waals surface area contributed by atoms with Gasteiger partial charge in [-0.3, -0.25) is 9.89 Å². The number of nitrogens with zero attached hydrogens (tertiary/aromatic N) is 2. The van der Waals surface area contributed by atoms with Gasteiger partial charge in [0.1, 0.15) is 5.69 Å². The first-order valence-corrected chi connectivity index (χ1v) is 8.42. The monoisotopic (exact) mass is 308 g/mol. The maximum atomic E-state index is 12.0. The zero-order valence-corrected chi connectivity index (χ0v) is 13.5. The van der Waals surface area contributed by atoms with Crippen LogP contribution in [0.4, 0.5) is 0 Å². The number of aromatic nitrogens is 2. The SMILES string of the molecule is CCCc1cc(C(=O)NCC(O)CN2CCCCCC2)n[nH]1. The second-order valence-corrected chi connectivity index (χ2v) is 6.11. The minimum Gasteiger partial charge on any atom is -0.390 e. The summed E-state index contributed by atoms with van der Waals surface area (Å²) < 4.78 is 0. The molecule has 1 aliphatic rings. The fourth-order valence-electron chi connectivity index (χ4n) is 2.86. The Bertz CT molecular complexity index is 453. The summed E-state index contributed by atoms with van der Waals surface area (Å²) in [6, 6.07) is 1.78. The number of H-pyrrole nitrogens is 1. The molecule has 1 unspecified atom stereocenters. The smallest absolute Gasteiger partial charge is 0.271 e. The summed E-state index contributed by atoms with van der Waals surface area (Å²) >= 11 is 0. The number of aromatic amines is 1. The minimum atomic E-state index is -0.531. The number of hydrogen-bond donors (Lipinski definition) is 3. The first-order valence-electron chi connectivity index (χ1n) is 8.42. The first-order chi connectivity index (χ1) is 10.7. The summed E-state index contributed by atoms with van der Waals surface area (Å²) in [5.41, 5.74) is 1.36. The van der Waals surface area contributed by atoms with E-state index in [1.807, 2.05) is 0 Å². The molecule has 6 heteroatoms. The lowest BCUT2D eigenvalue weighted by Gasteiger charge is -2.23. The quantitative estimate of drug-likeness (QED) is 0.710. The van der Waals surface area contributed by atoms with Crippen LogP contribution >= 0.6 is 0 Å². The molecule has 0 aromatic carbocycles. The van der Waals surface area contributed by atoms with Crippen molar-refractivity contribution in [2.45, 2.75) is 51.6 Å². The number of hydrogen-bond acceptors (Lipinski definition) is 4. The molecule has 0 spiro atoms. The normalized spacial score (nSPS) is 17.9. The van der Waals surface area contributed by atoms with E-state index in [1.54, 1.807) is 6.07 Å². The summed E-state index contributed by atoms with van der Waals surface area (Å²) in [4.78, 5) is 14.3. The highest BCUT2D eigenvalue weighted by atomic mass is 16.3. The van der Waals surface area contributed by atoms with Crippen molar-refractivity contribution >= 4 is 5.91 Å². The first kappa shape index (κ1) is 17.0. The van der Waals surface area contributed by atoms with Gasteiger partial charge in [0.05, 0.1) is 6.10 Å². The van der Waals surface area contributed by atoms with Gasteiger partial charge in [-0.1, -0.05) is 26.2 Å². The van der Waals surface area contributed by atoms with E-state index in [2.05, 4.69) is 27.3 Å². The Labute approximate surface area is 132 Å². The van der Waals surface area contributed by atoms with E-state index >= 15 is 0 Å². The summed E-state index contributed by atoms with van der Waals surface area (Å²) in [7, 11) is 0. The zero-order chi connectivity index (χ0) is 15.8. The molecule has 124 valence electrons. The Hall–Kier alpha value is -1.40. The van der Waals surface area contributed by atoms with Crippen molar-refractivity contribution in [2.75, 3.05) is 26.2 Å². The molecule has 0 radical (unpaired) electrons. The second-order valence-electron chi connectivity index (χ2n) is 6.11. The van der Waals surface area contributed by atoms with Gasteiger partial charge in [0.2, 0.25) is 0 Å². The van der Waals surface area contributed by atoms with Gasteiger partial charge in [0.25, 0.3) is 5.91 Å². The van der Waals surface area contributed by atoms with Crippen LogP contribution in [0.5, 0.6) is 0 Å². The molecule has 0 aliphatic carbocycles. The minimum absolute atomic E-state index is 0.228. The molecule has 1 aromatic rings. The highest BCUT2D eigenvalue weighted by Crippen LogP contribution is 2.09. The Morgan fingerprint density at radius 2 is 2.14 bits per heavy atom. The second kappa shape index (κ2) is 8.90. The molecule has 1 amide bonds. The van der Waals surface area contributed by atoms with Crippen LogP contribution < -0.4 is 5.32 Å². The number of carbonyl (C=O) groups is 1. The molecule has 1 aliphatic heterocycles. The lowest BCUT2D eigenvalue weighted by atomic mass is 10.2. The van der Waals surface area contributed by atoms with E-state index in [1.165, 1.54) is 25.7 Å². The third-order valence-corrected chi connectivity index (χ3v) is 4.05. The van der Waals surface area contributed by atoms with Crippen LogP contribution in [0, 0.1) is 0 Å². The van der Waals surface area contributed by atoms with Crippen molar-refractivity contribution in [1.29, 1.82) is 0 Å². The predicted molar refractivity (Wildman–Crippen MR) is 85.8 cm³/mol. The predicted octanol–water partition coefficient (Wildman–Crippen LogP) is 1.33. The highest BCUT2D eigenvalue weighted by Gasteiger charge is 2.16. The molecule has 1 saturated heterocycles. The van der Waals surface area contributed by atoms with Gasteiger partial charge in [0, 0.05) is 18.8 Å². The summed E-state index contributed by atoms with van der Waals surface area (Å²) in [6.45, 7) is 5.07. The maximum absolute atomic E-state index is 12.0. The van der Waals surface area contributed by atoms with E-state index in [0.717, 1.165) is 31.6 Å². The average Bonchev–Trinajstić information content (AvgIpc) is 2.82. The molecule has 3 N–H and O–H groups in total. The van der Waals surface area contributed by atoms with Crippen molar-refractivity contribution < 1.29 is 9.90 Å². The van der Waals surface area contributed by atoms with Crippen LogP contribution in [-0.2, 0) is 6.42 Å². The molecule has 2 heterocycles. The fourth-order valence-corrected chi connectivity index (χ4v) is 2.86. The number of aliphatic hydroxyl groups is 1. The topological polar surface area (TPSA) is 81.2 Å². The maximum Gasteiger partial charge on any atom is 0.271 e. The number of aryl methyl sites for hydroxylation is 1. The average molecular weight is 308 g/mol. The van der Waals surface area contributed by atoms with Crippen LogP contribution in [0.1, 0.15) is 55.2 Å².